The van der Waals surface area contributed by atoms with E-state index < -0.39 is 0 Å². The first kappa shape index (κ1) is 8.26. The van der Waals surface area contributed by atoms with Gasteiger partial charge < -0.3 is 9.97 Å². The van der Waals surface area contributed by atoms with Crippen LogP contribution in [0, 0.1) is 0 Å². The van der Waals surface area contributed by atoms with Crippen molar-refractivity contribution in [3.8, 4) is 0 Å². The average Bonchev–Trinajstić information content (AvgIpc) is 2.62. The second kappa shape index (κ2) is 4.90. The van der Waals surface area contributed by atoms with E-state index >= 15 is 0 Å². The van der Waals surface area contributed by atoms with Crippen molar-refractivity contribution in [3.05, 3.63) is 53.5 Å². The number of hydrogen-bond donors (Lipinski definition) is 2. The lowest BCUT2D eigenvalue weighted by Crippen LogP contribution is -2.01. The van der Waals surface area contributed by atoms with Crippen LogP contribution in [0.1, 0.15) is 0 Å². The molecule has 0 aliphatic rings. The molecule has 0 radical (unpaired) electrons. The Morgan fingerprint density at radius 3 is 2.17 bits per heavy atom. The highest BCUT2D eigenvalue weighted by Gasteiger charge is 1.70. The van der Waals surface area contributed by atoms with Crippen molar-refractivity contribution in [2.24, 2.45) is 0 Å². The van der Waals surface area contributed by atoms with Crippen LogP contribution in [0.25, 0.3) is 0 Å². The molecule has 0 amide bonds. The third-order valence-electron chi connectivity index (χ3n) is 1.07. The van der Waals surface area contributed by atoms with Gasteiger partial charge in [-0.25, -0.2) is 0 Å². The molecule has 0 atom stereocenters. The minimum Gasteiger partial charge on any atom is -0.368 e. The van der Waals surface area contributed by atoms with Gasteiger partial charge >= 0.3 is 0 Å². The molecular weight excluding hydrogens is 154 g/mol. The van der Waals surface area contributed by atoms with Crippen LogP contribution in [-0.4, -0.2) is 15.0 Å². The molecular formula is C8H9N3O. The zero-order valence-corrected chi connectivity index (χ0v) is 6.40. The van der Waals surface area contributed by atoms with Gasteiger partial charge in [0.1, 0.15) is 0 Å². The second-order valence-corrected chi connectivity index (χ2v) is 1.99. The Balaban J connectivity index is 0.000000127. The lowest BCUT2D eigenvalue weighted by atomic mass is 10.7. The molecule has 0 aliphatic carbocycles. The van der Waals surface area contributed by atoms with E-state index in [1.54, 1.807) is 0 Å². The Morgan fingerprint density at radius 1 is 1.17 bits per heavy atom. The van der Waals surface area contributed by atoms with E-state index in [9.17, 15) is 4.79 Å². The number of rotatable bonds is 0. The zero-order valence-electron chi connectivity index (χ0n) is 6.40. The number of hydrogen-bond acceptors (Lipinski definition) is 2. The summed E-state index contributed by atoms with van der Waals surface area (Å²) >= 11 is 0. The number of nitrogens with one attached hydrogen (secondary N) is 2. The summed E-state index contributed by atoms with van der Waals surface area (Å²) in [6.07, 6.45) is 7.98. The van der Waals surface area contributed by atoms with Crippen molar-refractivity contribution in [1.82, 2.24) is 15.0 Å². The van der Waals surface area contributed by atoms with Gasteiger partial charge in [0.2, 0.25) is 0 Å². The Hall–Kier alpha value is -1.84. The largest absolute Gasteiger partial charge is 0.368 e. The molecule has 62 valence electrons. The van der Waals surface area contributed by atoms with E-state index in [4.69, 9.17) is 0 Å². The van der Waals surface area contributed by atoms with Gasteiger partial charge in [-0.1, -0.05) is 0 Å². The summed E-state index contributed by atoms with van der Waals surface area (Å²) in [5.41, 5.74) is -0.164. The van der Waals surface area contributed by atoms with Crippen molar-refractivity contribution in [2.75, 3.05) is 0 Å². The topological polar surface area (TPSA) is 61.5 Å². The van der Waals surface area contributed by atoms with Gasteiger partial charge in [-0.3, -0.25) is 9.78 Å². The number of aromatic nitrogens is 3. The quantitative estimate of drug-likeness (QED) is 0.603. The van der Waals surface area contributed by atoms with Crippen molar-refractivity contribution in [2.45, 2.75) is 0 Å². The molecule has 2 N–H and O–H groups in total. The summed E-state index contributed by atoms with van der Waals surface area (Å²) in [6, 6.07) is 3.89. The molecule has 12 heavy (non-hydrogen) atoms. The highest BCUT2D eigenvalue weighted by molar-refractivity contribution is 4.84. The van der Waals surface area contributed by atoms with Crippen molar-refractivity contribution < 1.29 is 0 Å². The van der Waals surface area contributed by atoms with Gasteiger partial charge in [0.25, 0.3) is 5.56 Å². The van der Waals surface area contributed by atoms with Gasteiger partial charge in [-0.15, -0.1) is 0 Å². The van der Waals surface area contributed by atoms with Crippen LogP contribution >= 0.6 is 0 Å². The molecule has 4 heteroatoms. The minimum atomic E-state index is -0.164. The fourth-order valence-corrected chi connectivity index (χ4v) is 0.588. The Labute approximate surface area is 69.3 Å². The predicted molar refractivity (Wildman–Crippen MR) is 45.7 cm³/mol. The van der Waals surface area contributed by atoms with Crippen LogP contribution in [0.3, 0.4) is 0 Å². The monoisotopic (exact) mass is 163 g/mol. The van der Waals surface area contributed by atoms with Gasteiger partial charge in [-0.2, -0.15) is 0 Å². The smallest absolute Gasteiger partial charge is 0.266 e. The third kappa shape index (κ3) is 3.36. The molecule has 4 nitrogen and oxygen atoms in total. The molecule has 0 aliphatic heterocycles. The zero-order chi connectivity index (χ0) is 8.65. The standard InChI is InChI=1S/C4H4N2O.C4H5N/c7-4-3-5-1-2-6-4;1-2-4-5-3-1/h1-3H,(H,6,7);1-5H. The summed E-state index contributed by atoms with van der Waals surface area (Å²) in [6.45, 7) is 0. The fourth-order valence-electron chi connectivity index (χ4n) is 0.588. The van der Waals surface area contributed by atoms with Crippen molar-refractivity contribution in [1.29, 1.82) is 0 Å². The van der Waals surface area contributed by atoms with Crippen LogP contribution in [0.5, 0.6) is 0 Å². The maximum atomic E-state index is 10.2. The first-order valence-electron chi connectivity index (χ1n) is 3.46. The van der Waals surface area contributed by atoms with Gasteiger partial charge in [0.15, 0.2) is 0 Å². The summed E-state index contributed by atoms with van der Waals surface area (Å²) in [4.78, 5) is 19.0. The summed E-state index contributed by atoms with van der Waals surface area (Å²) in [5, 5.41) is 0. The van der Waals surface area contributed by atoms with Crippen LogP contribution < -0.4 is 5.56 Å². The molecule has 0 bridgehead atoms. The third-order valence-corrected chi connectivity index (χ3v) is 1.07. The molecule has 0 spiro atoms. The van der Waals surface area contributed by atoms with E-state index in [0.717, 1.165) is 0 Å². The molecule has 2 aromatic heterocycles. The lowest BCUT2D eigenvalue weighted by molar-refractivity contribution is 1.14. The summed E-state index contributed by atoms with van der Waals surface area (Å²) in [7, 11) is 0. The Kier molecular flexibility index (Phi) is 3.37. The number of nitrogens with zero attached hydrogens (tertiary/aromatic N) is 1. The first-order chi connectivity index (χ1) is 5.89. The minimum absolute atomic E-state index is 0.164. The SMILES string of the molecule is O=c1cncc[nH]1.c1cc[nH]c1. The Morgan fingerprint density at radius 2 is 1.92 bits per heavy atom. The number of aromatic amines is 2. The van der Waals surface area contributed by atoms with Crippen LogP contribution in [0.2, 0.25) is 0 Å². The predicted octanol–water partition coefficient (Wildman–Crippen LogP) is 0.785. The first-order valence-corrected chi connectivity index (χ1v) is 3.46. The molecule has 2 rings (SSSR count). The van der Waals surface area contributed by atoms with E-state index in [-0.39, 0.29) is 5.56 Å². The van der Waals surface area contributed by atoms with Gasteiger partial charge in [-0.05, 0) is 12.1 Å². The fraction of sp³-hybridized carbons (Fsp3) is 0. The molecule has 0 aromatic carbocycles. The lowest BCUT2D eigenvalue weighted by Gasteiger charge is -1.73. The highest BCUT2D eigenvalue weighted by Crippen LogP contribution is 1.72. The van der Waals surface area contributed by atoms with Crippen molar-refractivity contribution >= 4 is 0 Å². The number of H-pyrrole nitrogens is 2. The van der Waals surface area contributed by atoms with E-state index in [0.29, 0.717) is 0 Å². The molecule has 2 aromatic rings. The Bertz CT molecular complexity index is 304. The maximum Gasteiger partial charge on any atom is 0.266 e. The van der Waals surface area contributed by atoms with E-state index in [1.165, 1.54) is 18.6 Å². The van der Waals surface area contributed by atoms with Gasteiger partial charge in [0.05, 0.1) is 6.20 Å². The van der Waals surface area contributed by atoms with E-state index in [2.05, 4.69) is 15.0 Å². The second-order valence-electron chi connectivity index (χ2n) is 1.99. The highest BCUT2D eigenvalue weighted by atomic mass is 16.1. The average molecular weight is 163 g/mol. The summed E-state index contributed by atoms with van der Waals surface area (Å²) < 4.78 is 0. The van der Waals surface area contributed by atoms with Crippen LogP contribution in [0.15, 0.2) is 47.9 Å². The van der Waals surface area contributed by atoms with Crippen LogP contribution in [0.4, 0.5) is 0 Å². The molecule has 2 heterocycles. The normalized spacial score (nSPS) is 8.33. The van der Waals surface area contributed by atoms with Crippen LogP contribution in [-0.2, 0) is 0 Å². The molecule has 0 unspecified atom stereocenters. The molecule has 0 saturated carbocycles. The van der Waals surface area contributed by atoms with Crippen molar-refractivity contribution in [3.63, 3.8) is 0 Å². The molecule has 0 saturated heterocycles. The summed E-state index contributed by atoms with van der Waals surface area (Å²) in [5.74, 6) is 0. The maximum absolute atomic E-state index is 10.2. The van der Waals surface area contributed by atoms with E-state index in [1.807, 2.05) is 24.5 Å². The molecule has 0 fully saturated rings. The van der Waals surface area contributed by atoms with Gasteiger partial charge in [0, 0.05) is 24.8 Å².